The molecule has 0 bridgehead atoms. The number of ether oxygens (including phenoxy) is 1. The van der Waals surface area contributed by atoms with Gasteiger partial charge in [0.15, 0.2) is 0 Å². The molecule has 0 aromatic heterocycles. The summed E-state index contributed by atoms with van der Waals surface area (Å²) in [5.74, 6) is 0.806. The van der Waals surface area contributed by atoms with Crippen molar-refractivity contribution in [3.05, 3.63) is 0 Å². The Hall–Kier alpha value is -0.610. The van der Waals surface area contributed by atoms with Gasteiger partial charge in [-0.05, 0) is 18.8 Å². The first-order chi connectivity index (χ1) is 9.10. The standard InChI is InChI=1S/C15H30N2O2/c1-5-7-13-15(18)17(14(16-13)8-6-2)9-10-19-11-12(3)4/h12-14,16H,5-11H2,1-4H3. The molecule has 1 heterocycles. The Labute approximate surface area is 117 Å². The van der Waals surface area contributed by atoms with Crippen LogP contribution in [0, 0.1) is 5.92 Å². The molecule has 0 saturated carbocycles. The van der Waals surface area contributed by atoms with Gasteiger partial charge >= 0.3 is 0 Å². The van der Waals surface area contributed by atoms with Crippen molar-refractivity contribution in [1.82, 2.24) is 10.2 Å². The second-order valence-corrected chi connectivity index (χ2v) is 5.81. The number of nitrogens with one attached hydrogen (secondary N) is 1. The van der Waals surface area contributed by atoms with Crippen molar-refractivity contribution in [2.24, 2.45) is 5.92 Å². The van der Waals surface area contributed by atoms with Gasteiger partial charge in [0.2, 0.25) is 5.91 Å². The molecule has 0 aromatic carbocycles. The van der Waals surface area contributed by atoms with Gasteiger partial charge in [-0.2, -0.15) is 0 Å². The van der Waals surface area contributed by atoms with E-state index in [0.717, 1.165) is 32.3 Å². The van der Waals surface area contributed by atoms with E-state index in [1.807, 2.05) is 4.90 Å². The van der Waals surface area contributed by atoms with Crippen LogP contribution in [0.5, 0.6) is 0 Å². The molecule has 1 N–H and O–H groups in total. The van der Waals surface area contributed by atoms with Gasteiger partial charge in [0.05, 0.1) is 18.8 Å². The zero-order valence-corrected chi connectivity index (χ0v) is 12.9. The first-order valence-electron chi connectivity index (χ1n) is 7.74. The summed E-state index contributed by atoms with van der Waals surface area (Å²) in [7, 11) is 0. The van der Waals surface area contributed by atoms with E-state index in [1.54, 1.807) is 0 Å². The minimum Gasteiger partial charge on any atom is -0.379 e. The molecule has 112 valence electrons. The smallest absolute Gasteiger partial charge is 0.241 e. The average Bonchev–Trinajstić information content (AvgIpc) is 2.63. The fourth-order valence-corrected chi connectivity index (χ4v) is 2.50. The van der Waals surface area contributed by atoms with Gasteiger partial charge in [0.25, 0.3) is 0 Å². The minimum atomic E-state index is 0.0200. The van der Waals surface area contributed by atoms with Gasteiger partial charge in [-0.1, -0.05) is 40.5 Å². The third-order valence-electron chi connectivity index (χ3n) is 3.42. The third kappa shape index (κ3) is 5.11. The van der Waals surface area contributed by atoms with Crippen molar-refractivity contribution in [3.63, 3.8) is 0 Å². The van der Waals surface area contributed by atoms with Crippen molar-refractivity contribution in [1.29, 1.82) is 0 Å². The zero-order valence-electron chi connectivity index (χ0n) is 12.9. The van der Waals surface area contributed by atoms with Gasteiger partial charge < -0.3 is 9.64 Å². The SMILES string of the molecule is CCCC1NC(CCC)N(CCOCC(C)C)C1=O. The van der Waals surface area contributed by atoms with E-state index in [2.05, 4.69) is 33.0 Å². The highest BCUT2D eigenvalue weighted by molar-refractivity contribution is 5.84. The first-order valence-corrected chi connectivity index (χ1v) is 7.74. The molecule has 1 rings (SSSR count). The molecule has 0 radical (unpaired) electrons. The van der Waals surface area contributed by atoms with Crippen molar-refractivity contribution in [3.8, 4) is 0 Å². The molecule has 1 amide bonds. The number of hydrogen-bond donors (Lipinski definition) is 1. The van der Waals surface area contributed by atoms with Gasteiger partial charge in [-0.3, -0.25) is 10.1 Å². The number of hydrogen-bond acceptors (Lipinski definition) is 3. The molecule has 0 spiro atoms. The van der Waals surface area contributed by atoms with E-state index in [4.69, 9.17) is 4.74 Å². The molecule has 1 fully saturated rings. The Morgan fingerprint density at radius 2 is 1.95 bits per heavy atom. The lowest BCUT2D eigenvalue weighted by molar-refractivity contribution is -0.131. The summed E-state index contributed by atoms with van der Waals surface area (Å²) in [6.07, 6.45) is 4.29. The Kier molecular flexibility index (Phi) is 7.39. The van der Waals surface area contributed by atoms with Gasteiger partial charge in [-0.15, -0.1) is 0 Å². The number of rotatable bonds is 9. The quantitative estimate of drug-likeness (QED) is 0.654. The van der Waals surface area contributed by atoms with Crippen LogP contribution in [0.4, 0.5) is 0 Å². The Morgan fingerprint density at radius 3 is 2.53 bits per heavy atom. The Bertz CT molecular complexity index is 269. The van der Waals surface area contributed by atoms with Crippen LogP contribution in [0.15, 0.2) is 0 Å². The van der Waals surface area contributed by atoms with E-state index in [1.165, 1.54) is 0 Å². The molecular formula is C15H30N2O2. The van der Waals surface area contributed by atoms with Crippen molar-refractivity contribution in [2.75, 3.05) is 19.8 Å². The summed E-state index contributed by atoms with van der Waals surface area (Å²) in [5, 5.41) is 3.46. The lowest BCUT2D eigenvalue weighted by Gasteiger charge is -2.24. The van der Waals surface area contributed by atoms with Crippen LogP contribution in [0.3, 0.4) is 0 Å². The first kappa shape index (κ1) is 16.4. The lowest BCUT2D eigenvalue weighted by atomic mass is 10.2. The van der Waals surface area contributed by atoms with Crippen LogP contribution in [-0.2, 0) is 9.53 Å². The van der Waals surface area contributed by atoms with E-state index in [0.29, 0.717) is 19.1 Å². The van der Waals surface area contributed by atoms with E-state index < -0.39 is 0 Å². The molecule has 19 heavy (non-hydrogen) atoms. The third-order valence-corrected chi connectivity index (χ3v) is 3.42. The topological polar surface area (TPSA) is 41.6 Å². The number of nitrogens with zero attached hydrogens (tertiary/aromatic N) is 1. The normalized spacial score (nSPS) is 23.6. The van der Waals surface area contributed by atoms with E-state index in [-0.39, 0.29) is 18.1 Å². The highest BCUT2D eigenvalue weighted by atomic mass is 16.5. The maximum absolute atomic E-state index is 12.3. The molecule has 1 saturated heterocycles. The highest BCUT2D eigenvalue weighted by Crippen LogP contribution is 2.17. The largest absolute Gasteiger partial charge is 0.379 e. The molecule has 1 aliphatic heterocycles. The summed E-state index contributed by atoms with van der Waals surface area (Å²) in [6.45, 7) is 10.7. The number of amides is 1. The summed E-state index contributed by atoms with van der Waals surface area (Å²) in [4.78, 5) is 14.3. The van der Waals surface area contributed by atoms with Gasteiger partial charge in [-0.25, -0.2) is 0 Å². The lowest BCUT2D eigenvalue weighted by Crippen LogP contribution is -2.39. The second kappa shape index (κ2) is 8.54. The summed E-state index contributed by atoms with van der Waals surface area (Å²) in [6, 6.07) is 0.0200. The van der Waals surface area contributed by atoms with E-state index in [9.17, 15) is 4.79 Å². The van der Waals surface area contributed by atoms with Crippen molar-refractivity contribution >= 4 is 5.91 Å². The molecule has 4 heteroatoms. The second-order valence-electron chi connectivity index (χ2n) is 5.81. The predicted octanol–water partition coefficient (Wildman–Crippen LogP) is 2.39. The maximum Gasteiger partial charge on any atom is 0.241 e. The molecular weight excluding hydrogens is 240 g/mol. The number of carbonyl (C=O) groups is 1. The minimum absolute atomic E-state index is 0.0200. The number of carbonyl (C=O) groups excluding carboxylic acids is 1. The van der Waals surface area contributed by atoms with Crippen LogP contribution in [0.1, 0.15) is 53.4 Å². The van der Waals surface area contributed by atoms with Gasteiger partial charge in [0, 0.05) is 13.2 Å². The van der Waals surface area contributed by atoms with Gasteiger partial charge in [0.1, 0.15) is 0 Å². The van der Waals surface area contributed by atoms with Crippen molar-refractivity contribution in [2.45, 2.75) is 65.6 Å². The van der Waals surface area contributed by atoms with Crippen LogP contribution in [-0.4, -0.2) is 42.8 Å². The molecule has 2 atom stereocenters. The summed E-state index contributed by atoms with van der Waals surface area (Å²) in [5.41, 5.74) is 0. The average molecular weight is 270 g/mol. The predicted molar refractivity (Wildman–Crippen MR) is 77.9 cm³/mol. The summed E-state index contributed by atoms with van der Waals surface area (Å²) >= 11 is 0. The Morgan fingerprint density at radius 1 is 1.26 bits per heavy atom. The molecule has 0 aliphatic carbocycles. The maximum atomic E-state index is 12.3. The van der Waals surface area contributed by atoms with Crippen LogP contribution < -0.4 is 5.32 Å². The zero-order chi connectivity index (χ0) is 14.3. The van der Waals surface area contributed by atoms with Crippen LogP contribution in [0.2, 0.25) is 0 Å². The monoisotopic (exact) mass is 270 g/mol. The fraction of sp³-hybridized carbons (Fsp3) is 0.933. The van der Waals surface area contributed by atoms with Crippen LogP contribution >= 0.6 is 0 Å². The van der Waals surface area contributed by atoms with E-state index >= 15 is 0 Å². The van der Waals surface area contributed by atoms with Crippen molar-refractivity contribution < 1.29 is 9.53 Å². The summed E-state index contributed by atoms with van der Waals surface area (Å²) < 4.78 is 5.61. The molecule has 4 nitrogen and oxygen atoms in total. The molecule has 1 aliphatic rings. The van der Waals surface area contributed by atoms with Crippen LogP contribution in [0.25, 0.3) is 0 Å². The Balaban J connectivity index is 2.44. The highest BCUT2D eigenvalue weighted by Gasteiger charge is 2.37. The molecule has 2 unspecified atom stereocenters. The molecule has 0 aromatic rings. The fourth-order valence-electron chi connectivity index (χ4n) is 2.50.